The maximum Gasteiger partial charge on any atom is 0.0897 e. The highest BCUT2D eigenvalue weighted by atomic mass is 16.5. The summed E-state index contributed by atoms with van der Waals surface area (Å²) in [5, 5.41) is 22.8. The summed E-state index contributed by atoms with van der Waals surface area (Å²) >= 11 is 0. The lowest BCUT2D eigenvalue weighted by atomic mass is 9.89. The Morgan fingerprint density at radius 3 is 2.25 bits per heavy atom. The maximum absolute atomic E-state index is 9.86. The van der Waals surface area contributed by atoms with Crippen LogP contribution in [0.1, 0.15) is 59.3 Å². The van der Waals surface area contributed by atoms with E-state index in [9.17, 15) is 10.2 Å². The van der Waals surface area contributed by atoms with Gasteiger partial charge < -0.3 is 20.3 Å². The minimum Gasteiger partial charge on any atom is -0.392 e. The molecule has 1 aliphatic carbocycles. The maximum atomic E-state index is 9.86. The van der Waals surface area contributed by atoms with Gasteiger partial charge in [-0.1, -0.05) is 40.0 Å². The number of hydrogen-bond donors (Lipinski definition) is 3. The molecule has 0 spiro atoms. The Morgan fingerprint density at radius 1 is 1.05 bits per heavy atom. The summed E-state index contributed by atoms with van der Waals surface area (Å²) in [5.74, 6) is 0. The van der Waals surface area contributed by atoms with Gasteiger partial charge >= 0.3 is 0 Å². The molecule has 3 N–H and O–H groups in total. The van der Waals surface area contributed by atoms with E-state index in [1.807, 2.05) is 0 Å². The normalized spacial score (nSPS) is 20.9. The fraction of sp³-hybridized carbons (Fsp3) is 1.00. The molecule has 1 aliphatic rings. The number of ether oxygens (including phenoxy) is 1. The van der Waals surface area contributed by atoms with E-state index in [0.717, 1.165) is 19.3 Å². The van der Waals surface area contributed by atoms with Crippen molar-refractivity contribution in [2.75, 3.05) is 19.7 Å². The predicted molar refractivity (Wildman–Crippen MR) is 81.8 cm³/mol. The molecule has 1 fully saturated rings. The van der Waals surface area contributed by atoms with E-state index in [0.29, 0.717) is 25.8 Å². The van der Waals surface area contributed by atoms with Crippen molar-refractivity contribution in [3.63, 3.8) is 0 Å². The van der Waals surface area contributed by atoms with Crippen LogP contribution in [0.15, 0.2) is 0 Å². The van der Waals surface area contributed by atoms with Crippen molar-refractivity contribution < 1.29 is 14.9 Å². The molecule has 0 aromatic heterocycles. The molecular formula is C16H33NO3. The van der Waals surface area contributed by atoms with Gasteiger partial charge in [0.05, 0.1) is 24.9 Å². The summed E-state index contributed by atoms with van der Waals surface area (Å²) in [6, 6.07) is 0. The van der Waals surface area contributed by atoms with Gasteiger partial charge in [-0.05, 0) is 24.7 Å². The van der Waals surface area contributed by atoms with Crippen LogP contribution in [0.5, 0.6) is 0 Å². The Labute approximate surface area is 123 Å². The van der Waals surface area contributed by atoms with Crippen molar-refractivity contribution in [2.45, 2.75) is 77.6 Å². The van der Waals surface area contributed by atoms with Crippen LogP contribution in [0.2, 0.25) is 0 Å². The van der Waals surface area contributed by atoms with E-state index in [4.69, 9.17) is 4.74 Å². The molecule has 4 nitrogen and oxygen atoms in total. The third-order valence-electron chi connectivity index (χ3n) is 3.68. The molecule has 1 rings (SSSR count). The predicted octanol–water partition coefficient (Wildman–Crippen LogP) is 2.08. The highest BCUT2D eigenvalue weighted by Gasteiger charge is 2.18. The highest BCUT2D eigenvalue weighted by Crippen LogP contribution is 2.21. The molecule has 0 heterocycles. The lowest BCUT2D eigenvalue weighted by Crippen LogP contribution is -2.37. The van der Waals surface area contributed by atoms with Crippen LogP contribution >= 0.6 is 0 Å². The highest BCUT2D eigenvalue weighted by molar-refractivity contribution is 4.71. The van der Waals surface area contributed by atoms with Gasteiger partial charge in [0.15, 0.2) is 0 Å². The number of hydrogen-bond acceptors (Lipinski definition) is 4. The average molecular weight is 287 g/mol. The van der Waals surface area contributed by atoms with E-state index >= 15 is 0 Å². The van der Waals surface area contributed by atoms with Gasteiger partial charge in [-0.2, -0.15) is 0 Å². The SMILES string of the molecule is CC(C)(C)CC(O)CNCC(O)COC1CCCCC1. The van der Waals surface area contributed by atoms with Crippen molar-refractivity contribution in [3.05, 3.63) is 0 Å². The number of aliphatic hydroxyl groups is 2. The van der Waals surface area contributed by atoms with Gasteiger partial charge in [-0.25, -0.2) is 0 Å². The molecule has 0 amide bonds. The van der Waals surface area contributed by atoms with E-state index in [-0.39, 0.29) is 11.5 Å². The minimum atomic E-state index is -0.487. The fourth-order valence-electron chi connectivity index (χ4n) is 2.73. The molecule has 1 saturated carbocycles. The first-order valence-corrected chi connectivity index (χ1v) is 8.05. The molecular weight excluding hydrogens is 254 g/mol. The summed E-state index contributed by atoms with van der Waals surface area (Å²) in [7, 11) is 0. The van der Waals surface area contributed by atoms with Gasteiger partial charge in [-0.3, -0.25) is 0 Å². The zero-order chi connectivity index (χ0) is 15.0. The summed E-state index contributed by atoms with van der Waals surface area (Å²) in [5.41, 5.74) is 0.129. The first-order chi connectivity index (χ1) is 9.37. The zero-order valence-corrected chi connectivity index (χ0v) is 13.4. The lowest BCUT2D eigenvalue weighted by molar-refractivity contribution is -0.0237. The topological polar surface area (TPSA) is 61.7 Å². The van der Waals surface area contributed by atoms with Gasteiger partial charge in [0.25, 0.3) is 0 Å². The second-order valence-corrected chi connectivity index (χ2v) is 7.32. The van der Waals surface area contributed by atoms with E-state index in [2.05, 4.69) is 26.1 Å². The Morgan fingerprint density at radius 2 is 1.65 bits per heavy atom. The second-order valence-electron chi connectivity index (χ2n) is 7.32. The molecule has 2 atom stereocenters. The third-order valence-corrected chi connectivity index (χ3v) is 3.68. The Bertz CT molecular complexity index is 247. The summed E-state index contributed by atoms with van der Waals surface area (Å²) < 4.78 is 5.73. The van der Waals surface area contributed by atoms with Gasteiger partial charge in [-0.15, -0.1) is 0 Å². The molecule has 2 unspecified atom stereocenters. The zero-order valence-electron chi connectivity index (χ0n) is 13.4. The van der Waals surface area contributed by atoms with Crippen molar-refractivity contribution in [1.29, 1.82) is 0 Å². The largest absolute Gasteiger partial charge is 0.392 e. The fourth-order valence-corrected chi connectivity index (χ4v) is 2.73. The summed E-state index contributed by atoms with van der Waals surface area (Å²) in [6.07, 6.45) is 6.32. The molecule has 0 aromatic rings. The van der Waals surface area contributed by atoms with Crippen LogP contribution in [0.25, 0.3) is 0 Å². The van der Waals surface area contributed by atoms with Crippen molar-refractivity contribution in [1.82, 2.24) is 5.32 Å². The molecule has 0 aromatic carbocycles. The van der Waals surface area contributed by atoms with Crippen LogP contribution in [-0.2, 0) is 4.74 Å². The Kier molecular flexibility index (Phi) is 8.03. The number of aliphatic hydroxyl groups excluding tert-OH is 2. The van der Waals surface area contributed by atoms with Gasteiger partial charge in [0.1, 0.15) is 0 Å². The Balaban J connectivity index is 2.03. The molecule has 0 radical (unpaired) electrons. The Hall–Kier alpha value is -0.160. The van der Waals surface area contributed by atoms with Gasteiger partial charge in [0, 0.05) is 13.1 Å². The van der Waals surface area contributed by atoms with Crippen LogP contribution in [-0.4, -0.2) is 48.2 Å². The number of nitrogens with one attached hydrogen (secondary N) is 1. The first-order valence-electron chi connectivity index (χ1n) is 8.05. The molecule has 20 heavy (non-hydrogen) atoms. The van der Waals surface area contributed by atoms with Crippen LogP contribution in [0.3, 0.4) is 0 Å². The summed E-state index contributed by atoms with van der Waals surface area (Å²) in [6.45, 7) is 7.74. The average Bonchev–Trinajstić information content (AvgIpc) is 2.35. The number of rotatable bonds is 8. The molecule has 0 aliphatic heterocycles. The van der Waals surface area contributed by atoms with E-state index in [1.54, 1.807) is 0 Å². The summed E-state index contributed by atoms with van der Waals surface area (Å²) in [4.78, 5) is 0. The van der Waals surface area contributed by atoms with Crippen molar-refractivity contribution in [2.24, 2.45) is 5.41 Å². The monoisotopic (exact) mass is 287 g/mol. The molecule has 4 heteroatoms. The molecule has 0 bridgehead atoms. The van der Waals surface area contributed by atoms with Crippen LogP contribution < -0.4 is 5.32 Å². The third kappa shape index (κ3) is 8.90. The standard InChI is InChI=1S/C16H33NO3/c1-16(2,3)9-13(18)10-17-11-14(19)12-20-15-7-5-4-6-8-15/h13-15,17-19H,4-12H2,1-3H3. The first kappa shape index (κ1) is 17.9. The van der Waals surface area contributed by atoms with Crippen LogP contribution in [0.4, 0.5) is 0 Å². The quantitative estimate of drug-likeness (QED) is 0.640. The van der Waals surface area contributed by atoms with E-state index < -0.39 is 6.10 Å². The van der Waals surface area contributed by atoms with Gasteiger partial charge in [0.2, 0.25) is 0 Å². The lowest BCUT2D eigenvalue weighted by Gasteiger charge is -2.24. The van der Waals surface area contributed by atoms with E-state index in [1.165, 1.54) is 19.3 Å². The van der Waals surface area contributed by atoms with Crippen molar-refractivity contribution in [3.8, 4) is 0 Å². The van der Waals surface area contributed by atoms with Crippen molar-refractivity contribution >= 4 is 0 Å². The second kappa shape index (κ2) is 8.98. The van der Waals surface area contributed by atoms with Crippen LogP contribution in [0, 0.1) is 5.41 Å². The smallest absolute Gasteiger partial charge is 0.0897 e. The molecule has 0 saturated heterocycles. The minimum absolute atomic E-state index is 0.129. The molecule has 120 valence electrons.